The van der Waals surface area contributed by atoms with Crippen molar-refractivity contribution in [3.05, 3.63) is 69.2 Å². The highest BCUT2D eigenvalue weighted by molar-refractivity contribution is 5.91. The number of anilines is 1. The van der Waals surface area contributed by atoms with E-state index in [4.69, 9.17) is 4.74 Å². The normalized spacial score (nSPS) is 11.3. The Kier molecular flexibility index (Phi) is 5.94. The van der Waals surface area contributed by atoms with Crippen LogP contribution in [0.4, 0.5) is 5.95 Å². The highest BCUT2D eigenvalue weighted by Crippen LogP contribution is 2.20. The Labute approximate surface area is 177 Å². The van der Waals surface area contributed by atoms with Gasteiger partial charge in [0.15, 0.2) is 0 Å². The fourth-order valence-electron chi connectivity index (χ4n) is 3.53. The largest absolute Gasteiger partial charge is 0.382 e. The van der Waals surface area contributed by atoms with Gasteiger partial charge in [0.2, 0.25) is 11.9 Å². The van der Waals surface area contributed by atoms with Crippen LogP contribution in [0, 0.1) is 0 Å². The third kappa shape index (κ3) is 4.26. The average Bonchev–Trinajstić information content (AvgIpc) is 3.11. The smallest absolute Gasteiger partial charge is 0.273 e. The number of amides is 1. The molecule has 0 bridgehead atoms. The molecule has 31 heavy (non-hydrogen) atoms. The van der Waals surface area contributed by atoms with Gasteiger partial charge in [-0.15, -0.1) is 0 Å². The molecule has 9 heteroatoms. The molecule has 0 radical (unpaired) electrons. The summed E-state index contributed by atoms with van der Waals surface area (Å²) in [6.45, 7) is 3.47. The number of aromatic amines is 1. The molecule has 2 aromatic carbocycles. The topological polar surface area (TPSA) is 111 Å². The number of nitrogens with zero attached hydrogens (tertiary/aromatic N) is 3. The minimum Gasteiger partial charge on any atom is -0.382 e. The predicted molar refractivity (Wildman–Crippen MR) is 118 cm³/mol. The number of fused-ring (bicyclic) bond motifs is 2. The van der Waals surface area contributed by atoms with Crippen LogP contribution in [-0.2, 0) is 22.6 Å². The third-order valence-corrected chi connectivity index (χ3v) is 4.97. The molecule has 0 atom stereocenters. The molecule has 0 spiro atoms. The molecule has 0 fully saturated rings. The zero-order valence-corrected chi connectivity index (χ0v) is 17.1. The van der Waals surface area contributed by atoms with Gasteiger partial charge in [-0.2, -0.15) is 0 Å². The van der Waals surface area contributed by atoms with E-state index in [9.17, 15) is 14.4 Å². The number of para-hydroxylation sites is 2. The molecule has 0 unspecified atom stereocenters. The molecule has 1 amide bonds. The number of H-pyrrole nitrogens is 1. The molecule has 2 aromatic heterocycles. The van der Waals surface area contributed by atoms with Crippen LogP contribution in [0.25, 0.3) is 21.8 Å². The van der Waals surface area contributed by atoms with Crippen LogP contribution >= 0.6 is 0 Å². The first-order valence-electron chi connectivity index (χ1n) is 10.1. The number of aryl methyl sites for hydroxylation is 1. The molecule has 0 aliphatic heterocycles. The molecule has 0 aliphatic rings. The predicted octanol–water partition coefficient (Wildman–Crippen LogP) is 2.10. The molecule has 0 saturated carbocycles. The maximum atomic E-state index is 12.7. The first kappa shape index (κ1) is 20.5. The summed E-state index contributed by atoms with van der Waals surface area (Å²) >= 11 is 0. The molecule has 4 aromatic rings. The van der Waals surface area contributed by atoms with E-state index >= 15 is 0 Å². The van der Waals surface area contributed by atoms with Crippen LogP contribution in [0.2, 0.25) is 0 Å². The van der Waals surface area contributed by atoms with Crippen molar-refractivity contribution in [1.82, 2.24) is 19.3 Å². The van der Waals surface area contributed by atoms with Crippen molar-refractivity contribution in [2.45, 2.75) is 26.4 Å². The van der Waals surface area contributed by atoms with Crippen molar-refractivity contribution in [3.63, 3.8) is 0 Å². The van der Waals surface area contributed by atoms with Crippen LogP contribution < -0.4 is 16.4 Å². The molecule has 4 rings (SSSR count). The van der Waals surface area contributed by atoms with Crippen molar-refractivity contribution in [1.29, 1.82) is 0 Å². The van der Waals surface area contributed by atoms with Crippen LogP contribution in [0.3, 0.4) is 0 Å². The van der Waals surface area contributed by atoms with Gasteiger partial charge in [-0.05, 0) is 37.6 Å². The van der Waals surface area contributed by atoms with Crippen molar-refractivity contribution in [2.24, 2.45) is 0 Å². The van der Waals surface area contributed by atoms with E-state index in [2.05, 4.69) is 15.4 Å². The average molecular weight is 421 g/mol. The summed E-state index contributed by atoms with van der Waals surface area (Å²) in [4.78, 5) is 42.1. The summed E-state index contributed by atoms with van der Waals surface area (Å²) in [7, 11) is 0. The number of carbonyl (C=O) groups is 1. The summed E-state index contributed by atoms with van der Waals surface area (Å²) in [5, 5.41) is 5.80. The van der Waals surface area contributed by atoms with E-state index < -0.39 is 17.0 Å². The molecular weight excluding hydrogens is 398 g/mol. The molecule has 0 aliphatic carbocycles. The second kappa shape index (κ2) is 8.97. The zero-order valence-electron chi connectivity index (χ0n) is 17.1. The number of rotatable bonds is 8. The molecule has 9 nitrogen and oxygen atoms in total. The number of hydrogen-bond donors (Lipinski definition) is 2. The Bertz CT molecular complexity index is 1350. The lowest BCUT2D eigenvalue weighted by molar-refractivity contribution is -0.117. The van der Waals surface area contributed by atoms with E-state index in [0.29, 0.717) is 31.1 Å². The number of hydrogen-bond acceptors (Lipinski definition) is 5. The first-order valence-corrected chi connectivity index (χ1v) is 10.1. The van der Waals surface area contributed by atoms with Gasteiger partial charge in [0.25, 0.3) is 11.1 Å². The van der Waals surface area contributed by atoms with Gasteiger partial charge in [-0.25, -0.2) is 9.67 Å². The van der Waals surface area contributed by atoms with Crippen LogP contribution in [0.15, 0.2) is 58.1 Å². The number of carbonyl (C=O) groups excluding carboxylic acids is 1. The first-order chi connectivity index (χ1) is 15.1. The SMILES string of the molecule is CCOCCCn1c(NC(=O)Cn2[nH]c(=O)c3ccccc3c2=O)nc2ccccc21. The maximum Gasteiger partial charge on any atom is 0.273 e. The maximum absolute atomic E-state index is 12.7. The van der Waals surface area contributed by atoms with Crippen LogP contribution in [-0.4, -0.2) is 38.5 Å². The van der Waals surface area contributed by atoms with Gasteiger partial charge in [-0.1, -0.05) is 24.3 Å². The van der Waals surface area contributed by atoms with Crippen molar-refractivity contribution in [3.8, 4) is 0 Å². The quantitative estimate of drug-likeness (QED) is 0.423. The van der Waals surface area contributed by atoms with Gasteiger partial charge in [-0.3, -0.25) is 24.8 Å². The molecular formula is C22H23N5O4. The lowest BCUT2D eigenvalue weighted by atomic mass is 10.2. The lowest BCUT2D eigenvalue weighted by Gasteiger charge is -2.11. The Balaban J connectivity index is 1.59. The molecule has 0 saturated heterocycles. The fourth-order valence-corrected chi connectivity index (χ4v) is 3.53. The monoisotopic (exact) mass is 421 g/mol. The summed E-state index contributed by atoms with van der Waals surface area (Å²) in [5.74, 6) is -0.0757. The number of imidazole rings is 1. The molecule has 2 N–H and O–H groups in total. The molecule has 160 valence electrons. The highest BCUT2D eigenvalue weighted by atomic mass is 16.5. The van der Waals surface area contributed by atoms with Crippen molar-refractivity contribution in [2.75, 3.05) is 18.5 Å². The number of aromatic nitrogens is 4. The summed E-state index contributed by atoms with van der Waals surface area (Å²) in [5.41, 5.74) is 0.790. The Morgan fingerprint density at radius 1 is 1.10 bits per heavy atom. The van der Waals surface area contributed by atoms with Crippen LogP contribution in [0.5, 0.6) is 0 Å². The van der Waals surface area contributed by atoms with Gasteiger partial charge in [0.1, 0.15) is 6.54 Å². The third-order valence-electron chi connectivity index (χ3n) is 4.97. The summed E-state index contributed by atoms with van der Waals surface area (Å²) < 4.78 is 8.34. The molecule has 2 heterocycles. The van der Waals surface area contributed by atoms with E-state index in [-0.39, 0.29) is 11.9 Å². The minimum absolute atomic E-state index is 0.266. The summed E-state index contributed by atoms with van der Waals surface area (Å²) in [6, 6.07) is 14.1. The minimum atomic E-state index is -0.464. The summed E-state index contributed by atoms with van der Waals surface area (Å²) in [6.07, 6.45) is 0.758. The van der Waals surface area contributed by atoms with Gasteiger partial charge >= 0.3 is 0 Å². The van der Waals surface area contributed by atoms with Crippen molar-refractivity contribution < 1.29 is 9.53 Å². The van der Waals surface area contributed by atoms with Crippen LogP contribution in [0.1, 0.15) is 13.3 Å². The zero-order chi connectivity index (χ0) is 21.8. The Morgan fingerprint density at radius 3 is 2.65 bits per heavy atom. The Hall–Kier alpha value is -3.72. The van der Waals surface area contributed by atoms with E-state index in [1.165, 1.54) is 0 Å². The van der Waals surface area contributed by atoms with E-state index in [0.717, 1.165) is 22.1 Å². The lowest BCUT2D eigenvalue weighted by Crippen LogP contribution is -2.34. The van der Waals surface area contributed by atoms with E-state index in [1.807, 2.05) is 35.8 Å². The highest BCUT2D eigenvalue weighted by Gasteiger charge is 2.15. The van der Waals surface area contributed by atoms with Gasteiger partial charge in [0.05, 0.1) is 21.8 Å². The second-order valence-corrected chi connectivity index (χ2v) is 7.05. The standard InChI is InChI=1S/C22H23N5O4/c1-2-31-13-7-12-26-18-11-6-5-10-17(18)23-22(26)24-19(28)14-27-21(30)16-9-4-3-8-15(16)20(29)25-27/h3-6,8-11H,2,7,12-14H2,1H3,(H,25,29)(H,23,24,28). The Morgan fingerprint density at radius 2 is 1.84 bits per heavy atom. The van der Waals surface area contributed by atoms with E-state index in [1.54, 1.807) is 24.3 Å². The number of ether oxygens (including phenoxy) is 1. The van der Waals surface area contributed by atoms with Gasteiger partial charge < -0.3 is 9.30 Å². The second-order valence-electron chi connectivity index (χ2n) is 7.05. The van der Waals surface area contributed by atoms with Crippen molar-refractivity contribution >= 4 is 33.7 Å². The fraction of sp³-hybridized carbons (Fsp3) is 0.273. The number of benzene rings is 2. The number of nitrogens with one attached hydrogen (secondary N) is 2. The van der Waals surface area contributed by atoms with Gasteiger partial charge in [0, 0.05) is 19.8 Å².